The summed E-state index contributed by atoms with van der Waals surface area (Å²) in [5.74, 6) is 0.381. The number of nitrogens with one attached hydrogen (secondary N) is 2. The molecule has 0 saturated heterocycles. The van der Waals surface area contributed by atoms with Crippen molar-refractivity contribution in [1.82, 2.24) is 5.32 Å². The summed E-state index contributed by atoms with van der Waals surface area (Å²) >= 11 is 0. The van der Waals surface area contributed by atoms with Crippen LogP contribution < -0.4 is 10.7 Å². The number of hydrazone groups is 1. The lowest BCUT2D eigenvalue weighted by Crippen LogP contribution is -2.51. The molecule has 272 valence electrons. The number of carbonyl (C=O) groups is 3. The number of amides is 1. The second kappa shape index (κ2) is 14.6. The molecular formula is C37H51N5O8. The van der Waals surface area contributed by atoms with Gasteiger partial charge in [-0.05, 0) is 85.5 Å². The molecule has 0 radical (unpaired) electrons. The number of ether oxygens (including phenoxy) is 1. The average molecular weight is 694 g/mol. The molecule has 0 aromatic heterocycles. The Morgan fingerprint density at radius 3 is 2.44 bits per heavy atom. The summed E-state index contributed by atoms with van der Waals surface area (Å²) in [5.41, 5.74) is 4.07. The van der Waals surface area contributed by atoms with E-state index in [1.54, 1.807) is 0 Å². The van der Waals surface area contributed by atoms with Gasteiger partial charge in [0.2, 0.25) is 5.91 Å². The third-order valence-electron chi connectivity index (χ3n) is 12.6. The van der Waals surface area contributed by atoms with Gasteiger partial charge in [0.25, 0.3) is 5.69 Å². The van der Waals surface area contributed by atoms with Crippen molar-refractivity contribution in [3.63, 3.8) is 0 Å². The van der Waals surface area contributed by atoms with E-state index in [-0.39, 0.29) is 69.6 Å². The van der Waals surface area contributed by atoms with Crippen LogP contribution in [0.3, 0.4) is 0 Å². The number of non-ortho nitro benzene ring substituents is 1. The monoisotopic (exact) mass is 693 g/mol. The molecule has 50 heavy (non-hydrogen) atoms. The Labute approximate surface area is 293 Å². The first-order valence-electron chi connectivity index (χ1n) is 17.9. The summed E-state index contributed by atoms with van der Waals surface area (Å²) < 4.78 is 5.62. The second-order valence-corrected chi connectivity index (χ2v) is 15.7. The standard InChI is InChI=1S/C37H51N5O8/c1-21(20-38-23(3)43)7-12-34(45)22(2)35-32(40-39-31-11-9-26(41(46)47)18-33(31)42(48)49)19-30-28-10-8-25-17-27(50-24(4)44)13-15-36(25,5)29(28)14-16-37(30,35)6/h8-9,11,18,21-22,27-30,35,39H,7,10,12-17,19-20H2,1-6H3,(H,38,43)/t21?,22?,27?,28?,29?,30?,35?,36-,37-/m0/s1. The Bertz CT molecular complexity index is 1610. The number of anilines is 1. The van der Waals surface area contributed by atoms with E-state index in [0.29, 0.717) is 37.6 Å². The molecule has 3 fully saturated rings. The number of fused-ring (bicyclic) bond motifs is 5. The Hall–Kier alpha value is -4.16. The molecule has 2 N–H and O–H groups in total. The summed E-state index contributed by atoms with van der Waals surface area (Å²) in [4.78, 5) is 58.9. The molecule has 0 spiro atoms. The predicted molar refractivity (Wildman–Crippen MR) is 188 cm³/mol. The van der Waals surface area contributed by atoms with E-state index in [1.807, 2.05) is 13.8 Å². The first-order valence-corrected chi connectivity index (χ1v) is 17.9. The molecule has 0 heterocycles. The highest BCUT2D eigenvalue weighted by Gasteiger charge is 2.62. The number of allylic oxidation sites excluding steroid dienone is 1. The third kappa shape index (κ3) is 7.32. The van der Waals surface area contributed by atoms with Gasteiger partial charge in [0.1, 0.15) is 17.6 Å². The number of benzene rings is 1. The first-order chi connectivity index (χ1) is 23.5. The van der Waals surface area contributed by atoms with E-state index in [4.69, 9.17) is 9.84 Å². The van der Waals surface area contributed by atoms with Crippen LogP contribution in [0.1, 0.15) is 99.3 Å². The van der Waals surface area contributed by atoms with Gasteiger partial charge in [0.15, 0.2) is 0 Å². The van der Waals surface area contributed by atoms with Gasteiger partial charge in [-0.1, -0.05) is 39.3 Å². The summed E-state index contributed by atoms with van der Waals surface area (Å²) in [6.07, 6.45) is 9.28. The van der Waals surface area contributed by atoms with Gasteiger partial charge in [-0.25, -0.2) is 0 Å². The van der Waals surface area contributed by atoms with Crippen molar-refractivity contribution in [3.05, 3.63) is 50.1 Å². The number of hydrogen-bond donors (Lipinski definition) is 2. The molecule has 0 bridgehead atoms. The molecule has 7 unspecified atom stereocenters. The van der Waals surface area contributed by atoms with Crippen LogP contribution in [0.15, 0.2) is 34.9 Å². The number of ketones is 1. The van der Waals surface area contributed by atoms with Gasteiger partial charge in [-0.2, -0.15) is 5.10 Å². The lowest BCUT2D eigenvalue weighted by atomic mass is 9.47. The van der Waals surface area contributed by atoms with Gasteiger partial charge in [-0.3, -0.25) is 40.0 Å². The van der Waals surface area contributed by atoms with Gasteiger partial charge >= 0.3 is 11.7 Å². The molecule has 1 aromatic carbocycles. The van der Waals surface area contributed by atoms with Crippen LogP contribution >= 0.6 is 0 Å². The minimum atomic E-state index is -0.671. The highest BCUT2D eigenvalue weighted by atomic mass is 16.6. The van der Waals surface area contributed by atoms with Crippen LogP contribution in [-0.2, 0) is 19.1 Å². The van der Waals surface area contributed by atoms with Gasteiger partial charge in [-0.15, -0.1) is 0 Å². The quantitative estimate of drug-likeness (QED) is 0.0993. The van der Waals surface area contributed by atoms with Crippen molar-refractivity contribution in [1.29, 1.82) is 0 Å². The zero-order valence-corrected chi connectivity index (χ0v) is 30.0. The zero-order valence-electron chi connectivity index (χ0n) is 30.0. The van der Waals surface area contributed by atoms with E-state index >= 15 is 0 Å². The molecule has 1 aromatic rings. The number of nitro groups is 2. The molecule has 9 atom stereocenters. The number of Topliss-reactive ketones (excluding diaryl/α,β-unsaturated/α-hetero) is 1. The lowest BCUT2D eigenvalue weighted by Gasteiger charge is -2.58. The van der Waals surface area contributed by atoms with E-state index < -0.39 is 15.5 Å². The maximum Gasteiger partial charge on any atom is 0.302 e. The zero-order chi connectivity index (χ0) is 36.5. The van der Waals surface area contributed by atoms with E-state index in [2.05, 4.69) is 30.7 Å². The number of nitro benzene ring substituents is 2. The van der Waals surface area contributed by atoms with Crippen LogP contribution in [0, 0.1) is 66.6 Å². The van der Waals surface area contributed by atoms with E-state index in [0.717, 1.165) is 50.3 Å². The minimum absolute atomic E-state index is 0.000607. The molecule has 13 nitrogen and oxygen atoms in total. The molecule has 13 heteroatoms. The summed E-state index contributed by atoms with van der Waals surface area (Å²) in [5, 5.41) is 30.9. The molecule has 4 aliphatic rings. The van der Waals surface area contributed by atoms with E-state index in [9.17, 15) is 34.6 Å². The van der Waals surface area contributed by atoms with Crippen LogP contribution in [-0.4, -0.2) is 45.9 Å². The molecule has 0 aliphatic heterocycles. The molecule has 4 aliphatic carbocycles. The van der Waals surface area contributed by atoms with Crippen molar-refractivity contribution in [3.8, 4) is 0 Å². The molecule has 5 rings (SSSR count). The van der Waals surface area contributed by atoms with Gasteiger partial charge < -0.3 is 10.1 Å². The predicted octanol–water partition coefficient (Wildman–Crippen LogP) is 7.15. The maximum absolute atomic E-state index is 13.9. The minimum Gasteiger partial charge on any atom is -0.462 e. The fourth-order valence-corrected chi connectivity index (χ4v) is 10.0. The van der Waals surface area contributed by atoms with Crippen LogP contribution in [0.25, 0.3) is 0 Å². The number of nitrogens with zero attached hydrogens (tertiary/aromatic N) is 3. The Morgan fingerprint density at radius 1 is 1.04 bits per heavy atom. The Balaban J connectivity index is 1.45. The van der Waals surface area contributed by atoms with E-state index in [1.165, 1.54) is 31.6 Å². The van der Waals surface area contributed by atoms with Crippen molar-refractivity contribution >= 4 is 40.4 Å². The maximum atomic E-state index is 13.9. The summed E-state index contributed by atoms with van der Waals surface area (Å²) in [6.45, 7) is 12.1. The largest absolute Gasteiger partial charge is 0.462 e. The number of esters is 1. The van der Waals surface area contributed by atoms with Crippen molar-refractivity contribution in [2.75, 3.05) is 12.0 Å². The fraction of sp³-hybridized carbons (Fsp3) is 0.676. The topological polar surface area (TPSA) is 183 Å². The van der Waals surface area contributed by atoms with Crippen molar-refractivity contribution < 1.29 is 29.0 Å². The second-order valence-electron chi connectivity index (χ2n) is 15.7. The Morgan fingerprint density at radius 2 is 1.78 bits per heavy atom. The van der Waals surface area contributed by atoms with Crippen LogP contribution in [0.5, 0.6) is 0 Å². The first kappa shape index (κ1) is 37.1. The van der Waals surface area contributed by atoms with Gasteiger partial charge in [0, 0.05) is 56.8 Å². The number of rotatable bonds is 12. The summed E-state index contributed by atoms with van der Waals surface area (Å²) in [6, 6.07) is 3.45. The Kier molecular flexibility index (Phi) is 10.8. The average Bonchev–Trinajstić information content (AvgIpc) is 3.36. The lowest BCUT2D eigenvalue weighted by molar-refractivity contribution is -0.393. The SMILES string of the molecule is CC(=O)NCC(C)CCC(=O)C(C)C1C(=NNc2ccc([N+](=O)[O-])cc2[N+](=O)[O-])CC2C3CC=C4CC(OC(C)=O)CC[C@]4(C)C3CC[C@@]21C. The van der Waals surface area contributed by atoms with Gasteiger partial charge in [0.05, 0.1) is 15.9 Å². The molecular weight excluding hydrogens is 642 g/mol. The smallest absolute Gasteiger partial charge is 0.302 e. The highest BCUT2D eigenvalue weighted by molar-refractivity contribution is 5.96. The third-order valence-corrected chi connectivity index (χ3v) is 12.6. The molecule has 3 saturated carbocycles. The molecule has 1 amide bonds. The normalized spacial score (nSPS) is 32.0. The fourth-order valence-electron chi connectivity index (χ4n) is 10.0. The van der Waals surface area contributed by atoms with Crippen molar-refractivity contribution in [2.24, 2.45) is 51.4 Å². The number of carbonyl (C=O) groups excluding carboxylic acids is 3. The highest BCUT2D eigenvalue weighted by Crippen LogP contribution is 2.66. The van der Waals surface area contributed by atoms with Crippen LogP contribution in [0.4, 0.5) is 17.1 Å². The number of hydrogen-bond acceptors (Lipinski definition) is 10. The van der Waals surface area contributed by atoms with Crippen LogP contribution in [0.2, 0.25) is 0 Å². The van der Waals surface area contributed by atoms with Crippen molar-refractivity contribution in [2.45, 2.75) is 105 Å². The summed E-state index contributed by atoms with van der Waals surface area (Å²) in [7, 11) is 0.